The van der Waals surface area contributed by atoms with E-state index in [0.29, 0.717) is 0 Å². The van der Waals surface area contributed by atoms with Crippen LogP contribution >= 0.6 is 0 Å². The number of hydrogen-bond acceptors (Lipinski definition) is 3. The van der Waals surface area contributed by atoms with Crippen LogP contribution in [0.3, 0.4) is 0 Å². The standard InChI is InChI=1S/C23H18N.C5H8O2.Ir/c1-16-11-12-17(2)22(14-16)20-8-3-7-19(15-20)21-10-4-6-18-9-5-13-24-23(18)21;1-4(6)3-5(2)7;/h3-6,8-15H,1-2H3;3,6H,1-2H3;/q-1;;/b;4-3-;. The third-order valence-corrected chi connectivity index (χ3v) is 4.84. The summed E-state index contributed by atoms with van der Waals surface area (Å²) in [7, 11) is 0. The molecule has 0 fully saturated rings. The number of para-hydroxylation sites is 1. The number of hydrogen-bond donors (Lipinski definition) is 1. The summed E-state index contributed by atoms with van der Waals surface area (Å²) < 4.78 is 0. The van der Waals surface area contributed by atoms with Crippen LogP contribution < -0.4 is 0 Å². The summed E-state index contributed by atoms with van der Waals surface area (Å²) in [5.74, 6) is -0.0625. The summed E-state index contributed by atoms with van der Waals surface area (Å²) in [6.45, 7) is 7.14. The first kappa shape index (κ1) is 25.2. The van der Waals surface area contributed by atoms with E-state index in [-0.39, 0.29) is 31.6 Å². The number of aryl methyl sites for hydroxylation is 2. The Morgan fingerprint density at radius 1 is 0.969 bits per heavy atom. The molecule has 0 spiro atoms. The molecule has 0 aliphatic rings. The average Bonchev–Trinajstić information content (AvgIpc) is 2.74. The quantitative estimate of drug-likeness (QED) is 0.156. The van der Waals surface area contributed by atoms with Crippen molar-refractivity contribution in [3.63, 3.8) is 0 Å². The summed E-state index contributed by atoms with van der Waals surface area (Å²) in [5, 5.41) is 9.52. The zero-order valence-electron chi connectivity index (χ0n) is 18.6. The van der Waals surface area contributed by atoms with Gasteiger partial charge in [-0.1, -0.05) is 53.6 Å². The predicted molar refractivity (Wildman–Crippen MR) is 128 cm³/mol. The molecule has 0 aliphatic carbocycles. The number of fused-ring (bicyclic) bond motifs is 1. The second kappa shape index (κ2) is 11.5. The maximum Gasteiger partial charge on any atom is 0.155 e. The molecule has 0 aliphatic heterocycles. The van der Waals surface area contributed by atoms with Gasteiger partial charge in [0.15, 0.2) is 5.78 Å². The molecule has 0 amide bonds. The van der Waals surface area contributed by atoms with Crippen molar-refractivity contribution >= 4 is 16.7 Å². The van der Waals surface area contributed by atoms with Gasteiger partial charge in [0.05, 0.1) is 5.76 Å². The fraction of sp³-hybridized carbons (Fsp3) is 0.143. The molecule has 32 heavy (non-hydrogen) atoms. The molecular weight excluding hydrogens is 575 g/mol. The summed E-state index contributed by atoms with van der Waals surface area (Å²) in [6.07, 6.45) is 3.01. The van der Waals surface area contributed by atoms with E-state index in [1.165, 1.54) is 42.2 Å². The summed E-state index contributed by atoms with van der Waals surface area (Å²) in [4.78, 5) is 14.6. The Bertz CT molecular complexity index is 1250. The number of aromatic nitrogens is 1. The fourth-order valence-corrected chi connectivity index (χ4v) is 3.45. The summed E-state index contributed by atoms with van der Waals surface area (Å²) >= 11 is 0. The average molecular weight is 601 g/mol. The third-order valence-electron chi connectivity index (χ3n) is 4.84. The molecular formula is C28H26IrNO2-. The monoisotopic (exact) mass is 601 g/mol. The van der Waals surface area contributed by atoms with E-state index >= 15 is 0 Å². The van der Waals surface area contributed by atoms with Crippen molar-refractivity contribution < 1.29 is 30.0 Å². The number of carbonyl (C=O) groups excluding carboxylic acids is 1. The maximum absolute atomic E-state index is 10.0. The molecule has 165 valence electrons. The molecule has 1 radical (unpaired) electrons. The number of allylic oxidation sites excluding steroid dienone is 2. The third kappa shape index (κ3) is 6.46. The molecule has 0 unspecified atom stereocenters. The van der Waals surface area contributed by atoms with Gasteiger partial charge in [0.1, 0.15) is 0 Å². The first-order valence-corrected chi connectivity index (χ1v) is 10.2. The number of pyridine rings is 1. The molecule has 3 aromatic carbocycles. The van der Waals surface area contributed by atoms with Crippen molar-refractivity contribution in [3.8, 4) is 22.3 Å². The Morgan fingerprint density at radius 2 is 1.72 bits per heavy atom. The first-order chi connectivity index (χ1) is 14.8. The van der Waals surface area contributed by atoms with Crippen LogP contribution in [0.4, 0.5) is 0 Å². The van der Waals surface area contributed by atoms with E-state index < -0.39 is 0 Å². The molecule has 0 saturated carbocycles. The Morgan fingerprint density at radius 3 is 2.41 bits per heavy atom. The molecule has 1 heterocycles. The number of carbonyl (C=O) groups is 1. The Balaban J connectivity index is 0.000000398. The van der Waals surface area contributed by atoms with E-state index in [2.05, 4.69) is 79.5 Å². The van der Waals surface area contributed by atoms with Gasteiger partial charge in [-0.05, 0) is 50.3 Å². The molecule has 0 bridgehead atoms. The minimum Gasteiger partial charge on any atom is -0.512 e. The zero-order chi connectivity index (χ0) is 22.4. The van der Waals surface area contributed by atoms with Crippen molar-refractivity contribution in [3.05, 3.63) is 102 Å². The van der Waals surface area contributed by atoms with E-state index in [1.807, 2.05) is 18.3 Å². The number of nitrogens with zero attached hydrogens (tertiary/aromatic N) is 1. The number of rotatable bonds is 3. The van der Waals surface area contributed by atoms with Crippen molar-refractivity contribution in [2.45, 2.75) is 27.7 Å². The van der Waals surface area contributed by atoms with Crippen LogP contribution in [-0.4, -0.2) is 15.9 Å². The van der Waals surface area contributed by atoms with Gasteiger partial charge in [0, 0.05) is 37.9 Å². The molecule has 4 heteroatoms. The van der Waals surface area contributed by atoms with E-state index in [4.69, 9.17) is 5.11 Å². The number of ketones is 1. The van der Waals surface area contributed by atoms with Crippen molar-refractivity contribution in [2.75, 3.05) is 0 Å². The van der Waals surface area contributed by atoms with Crippen LogP contribution in [0.15, 0.2) is 84.8 Å². The molecule has 1 N–H and O–H groups in total. The SMILES string of the molecule is CC(=O)/C=C(/C)O.Cc1ccc(C)c(-c2cc[c-]c(-c3cccc4cccnc34)c2)c1.[Ir]. The molecule has 4 rings (SSSR count). The minimum absolute atomic E-state index is 0. The van der Waals surface area contributed by atoms with Gasteiger partial charge in [0.25, 0.3) is 0 Å². The Kier molecular flexibility index (Phi) is 9.07. The van der Waals surface area contributed by atoms with Gasteiger partial charge in [-0.15, -0.1) is 35.4 Å². The molecule has 3 nitrogen and oxygen atoms in total. The van der Waals surface area contributed by atoms with E-state index in [9.17, 15) is 4.79 Å². The number of benzene rings is 3. The van der Waals surface area contributed by atoms with Crippen LogP contribution in [0.1, 0.15) is 25.0 Å². The van der Waals surface area contributed by atoms with Gasteiger partial charge in [-0.2, -0.15) is 0 Å². The van der Waals surface area contributed by atoms with Gasteiger partial charge in [-0.3, -0.25) is 9.78 Å². The predicted octanol–water partition coefficient (Wildman–Crippen LogP) is 7.02. The van der Waals surface area contributed by atoms with Crippen molar-refractivity contribution in [2.24, 2.45) is 0 Å². The van der Waals surface area contributed by atoms with Gasteiger partial charge >= 0.3 is 0 Å². The van der Waals surface area contributed by atoms with Crippen LogP contribution in [0.5, 0.6) is 0 Å². The molecule has 1 aromatic heterocycles. The Labute approximate surface area is 203 Å². The topological polar surface area (TPSA) is 50.2 Å². The maximum atomic E-state index is 10.0. The smallest absolute Gasteiger partial charge is 0.155 e. The summed E-state index contributed by atoms with van der Waals surface area (Å²) in [5.41, 5.74) is 8.29. The number of aliphatic hydroxyl groups is 1. The second-order valence-corrected chi connectivity index (χ2v) is 7.59. The van der Waals surface area contributed by atoms with Crippen molar-refractivity contribution in [1.82, 2.24) is 4.98 Å². The van der Waals surface area contributed by atoms with Crippen LogP contribution in [0.25, 0.3) is 33.2 Å². The molecule has 0 atom stereocenters. The van der Waals surface area contributed by atoms with E-state index in [1.54, 1.807) is 0 Å². The summed E-state index contributed by atoms with van der Waals surface area (Å²) in [6, 6.07) is 26.7. The second-order valence-electron chi connectivity index (χ2n) is 7.59. The van der Waals surface area contributed by atoms with Gasteiger partial charge in [-0.25, -0.2) is 0 Å². The zero-order valence-corrected chi connectivity index (χ0v) is 21.0. The minimum atomic E-state index is -0.125. The normalized spacial score (nSPS) is 10.7. The van der Waals surface area contributed by atoms with Crippen LogP contribution in [0, 0.1) is 19.9 Å². The van der Waals surface area contributed by atoms with Crippen LogP contribution in [0.2, 0.25) is 0 Å². The van der Waals surface area contributed by atoms with Gasteiger partial charge < -0.3 is 5.11 Å². The van der Waals surface area contributed by atoms with Crippen LogP contribution in [-0.2, 0) is 24.9 Å². The number of aliphatic hydroxyl groups excluding tert-OH is 1. The fourth-order valence-electron chi connectivity index (χ4n) is 3.45. The Hall–Kier alpha value is -3.07. The molecule has 4 aromatic rings. The van der Waals surface area contributed by atoms with Crippen molar-refractivity contribution in [1.29, 1.82) is 0 Å². The van der Waals surface area contributed by atoms with Gasteiger partial charge in [0.2, 0.25) is 0 Å². The largest absolute Gasteiger partial charge is 0.512 e. The molecule has 0 saturated heterocycles. The van der Waals surface area contributed by atoms with E-state index in [0.717, 1.165) is 22.0 Å². The first-order valence-electron chi connectivity index (χ1n) is 10.2.